The minimum atomic E-state index is -0.609. The Morgan fingerprint density at radius 1 is 1.00 bits per heavy atom. The Hall–Kier alpha value is -3.87. The van der Waals surface area contributed by atoms with E-state index in [0.29, 0.717) is 40.6 Å². The third-order valence-corrected chi connectivity index (χ3v) is 5.66. The molecule has 0 saturated carbocycles. The van der Waals surface area contributed by atoms with Crippen molar-refractivity contribution in [2.24, 2.45) is 7.05 Å². The lowest BCUT2D eigenvalue weighted by molar-refractivity contribution is 0.103. The van der Waals surface area contributed by atoms with Crippen LogP contribution in [0.2, 0.25) is 0 Å². The fourth-order valence-corrected chi connectivity index (χ4v) is 4.29. The Bertz CT molecular complexity index is 1350. The number of carbonyl (C=O) groups is 1. The minimum Gasteiger partial charge on any atom is -0.494 e. The molecular formula is C23H19N3O4. The van der Waals surface area contributed by atoms with Crippen LogP contribution in [0.15, 0.2) is 63.7 Å². The molecule has 3 aromatic rings. The maximum absolute atomic E-state index is 13.4. The van der Waals surface area contributed by atoms with Gasteiger partial charge in [0.2, 0.25) is 0 Å². The summed E-state index contributed by atoms with van der Waals surface area (Å²) in [6.07, 6.45) is 0. The average Bonchev–Trinajstić information content (AvgIpc) is 3.04. The van der Waals surface area contributed by atoms with Gasteiger partial charge in [0.05, 0.1) is 17.9 Å². The highest BCUT2D eigenvalue weighted by atomic mass is 16.5. The summed E-state index contributed by atoms with van der Waals surface area (Å²) in [4.78, 5) is 40.9. The third-order valence-electron chi connectivity index (χ3n) is 5.66. The van der Waals surface area contributed by atoms with E-state index in [9.17, 15) is 14.4 Å². The topological polar surface area (TPSA) is 93.2 Å². The summed E-state index contributed by atoms with van der Waals surface area (Å²) >= 11 is 0. The van der Waals surface area contributed by atoms with Crippen molar-refractivity contribution in [3.8, 4) is 5.75 Å². The number of hydrogen-bond acceptors (Lipinski definition) is 5. The number of hydrogen-bond donors (Lipinski definition) is 2. The van der Waals surface area contributed by atoms with Gasteiger partial charge in [0.1, 0.15) is 11.6 Å². The number of H-pyrrole nitrogens is 1. The number of ether oxygens (including phenoxy) is 1. The molecule has 1 atom stereocenters. The lowest BCUT2D eigenvalue weighted by Gasteiger charge is -2.29. The van der Waals surface area contributed by atoms with Gasteiger partial charge in [0.25, 0.3) is 5.56 Å². The number of nitrogens with zero attached hydrogens (tertiary/aromatic N) is 1. The molecule has 0 saturated heterocycles. The summed E-state index contributed by atoms with van der Waals surface area (Å²) in [6, 6.07) is 14.7. The number of anilines is 1. The van der Waals surface area contributed by atoms with Crippen LogP contribution in [0.5, 0.6) is 5.75 Å². The minimum absolute atomic E-state index is 0.120. The van der Waals surface area contributed by atoms with Gasteiger partial charge in [-0.15, -0.1) is 0 Å². The van der Waals surface area contributed by atoms with Crippen LogP contribution >= 0.6 is 0 Å². The predicted molar refractivity (Wildman–Crippen MR) is 113 cm³/mol. The Labute approximate surface area is 171 Å². The van der Waals surface area contributed by atoms with E-state index in [0.717, 1.165) is 11.1 Å². The van der Waals surface area contributed by atoms with Gasteiger partial charge in [-0.25, -0.2) is 4.79 Å². The van der Waals surface area contributed by atoms with Gasteiger partial charge in [-0.3, -0.25) is 19.1 Å². The first kappa shape index (κ1) is 18.2. The Balaban J connectivity index is 1.79. The number of allylic oxidation sites excluding steroid dienone is 1. The molecular weight excluding hydrogens is 382 g/mol. The van der Waals surface area contributed by atoms with Crippen molar-refractivity contribution in [3.05, 3.63) is 97.2 Å². The van der Waals surface area contributed by atoms with Crippen LogP contribution in [0, 0.1) is 0 Å². The van der Waals surface area contributed by atoms with Crippen LogP contribution in [0.1, 0.15) is 39.9 Å². The molecule has 2 heterocycles. The number of aromatic amines is 1. The number of Topliss-reactive ketones (excluding diaryl/α,β-unsaturated/α-hetero) is 1. The van der Waals surface area contributed by atoms with E-state index >= 15 is 0 Å². The Kier molecular flexibility index (Phi) is 3.99. The number of aromatic nitrogens is 2. The van der Waals surface area contributed by atoms with Crippen LogP contribution in [-0.2, 0) is 7.05 Å². The first-order valence-electron chi connectivity index (χ1n) is 9.72. The van der Waals surface area contributed by atoms with Gasteiger partial charge in [-0.05, 0) is 24.6 Å². The summed E-state index contributed by atoms with van der Waals surface area (Å²) in [6.45, 7) is 2.45. The van der Waals surface area contributed by atoms with Gasteiger partial charge in [0, 0.05) is 29.7 Å². The number of carbonyl (C=O) groups excluding carboxylic acids is 1. The zero-order valence-electron chi connectivity index (χ0n) is 16.5. The van der Waals surface area contributed by atoms with Gasteiger partial charge in [0.15, 0.2) is 5.78 Å². The fourth-order valence-electron chi connectivity index (χ4n) is 4.29. The van der Waals surface area contributed by atoms with E-state index in [2.05, 4.69) is 10.3 Å². The molecule has 150 valence electrons. The fraction of sp³-hybridized carbons (Fsp3) is 0.174. The van der Waals surface area contributed by atoms with Crippen molar-refractivity contribution in [1.29, 1.82) is 0 Å². The van der Waals surface area contributed by atoms with Crippen molar-refractivity contribution in [3.63, 3.8) is 0 Å². The molecule has 2 N–H and O–H groups in total. The molecule has 30 heavy (non-hydrogen) atoms. The molecule has 2 aromatic carbocycles. The number of ketones is 1. The number of fused-ring (bicyclic) bond motifs is 3. The van der Waals surface area contributed by atoms with Crippen LogP contribution < -0.4 is 21.3 Å². The first-order valence-corrected chi connectivity index (χ1v) is 9.72. The number of rotatable bonds is 3. The average molecular weight is 401 g/mol. The summed E-state index contributed by atoms with van der Waals surface area (Å²) < 4.78 is 6.90. The molecule has 0 fully saturated rings. The highest BCUT2D eigenvalue weighted by Crippen LogP contribution is 2.47. The van der Waals surface area contributed by atoms with Gasteiger partial charge in [-0.1, -0.05) is 36.4 Å². The molecule has 0 amide bonds. The van der Waals surface area contributed by atoms with Crippen LogP contribution in [-0.4, -0.2) is 21.9 Å². The summed E-state index contributed by atoms with van der Waals surface area (Å²) in [7, 11) is 1.59. The van der Waals surface area contributed by atoms with Gasteiger partial charge in [-0.2, -0.15) is 0 Å². The van der Waals surface area contributed by atoms with E-state index in [1.165, 1.54) is 4.57 Å². The Morgan fingerprint density at radius 3 is 2.40 bits per heavy atom. The van der Waals surface area contributed by atoms with E-state index in [1.807, 2.05) is 49.4 Å². The Morgan fingerprint density at radius 2 is 1.70 bits per heavy atom. The molecule has 1 aromatic heterocycles. The predicted octanol–water partition coefficient (Wildman–Crippen LogP) is 2.64. The molecule has 0 bridgehead atoms. The molecule has 7 heteroatoms. The maximum atomic E-state index is 13.4. The second-order valence-electron chi connectivity index (χ2n) is 7.30. The molecule has 0 radical (unpaired) electrons. The van der Waals surface area contributed by atoms with Crippen LogP contribution in [0.25, 0.3) is 5.70 Å². The molecule has 7 nitrogen and oxygen atoms in total. The van der Waals surface area contributed by atoms with Crippen molar-refractivity contribution in [2.45, 2.75) is 12.8 Å². The quantitative estimate of drug-likeness (QED) is 0.704. The second-order valence-corrected chi connectivity index (χ2v) is 7.30. The molecule has 0 unspecified atom stereocenters. The standard InChI is InChI=1S/C23H19N3O4/c1-3-30-13-10-8-12(9-11-13)16-17-19(14-6-4-5-7-15(14)20(17)27)24-21-18(16)22(28)25-23(29)26(21)2/h4-11,16,24H,3H2,1-2H3,(H,25,28,29)/t16-/m0/s1. The normalized spacial score (nSPS) is 16.6. The summed E-state index contributed by atoms with van der Waals surface area (Å²) in [5.74, 6) is 0.374. The van der Waals surface area contributed by atoms with Gasteiger partial charge >= 0.3 is 5.69 Å². The highest BCUT2D eigenvalue weighted by Gasteiger charge is 2.42. The van der Waals surface area contributed by atoms with Crippen molar-refractivity contribution in [2.75, 3.05) is 11.9 Å². The van der Waals surface area contributed by atoms with E-state index in [4.69, 9.17) is 4.74 Å². The monoisotopic (exact) mass is 401 g/mol. The maximum Gasteiger partial charge on any atom is 0.329 e. The lowest BCUT2D eigenvalue weighted by Crippen LogP contribution is -2.37. The molecule has 5 rings (SSSR count). The van der Waals surface area contributed by atoms with Crippen LogP contribution in [0.4, 0.5) is 5.82 Å². The largest absolute Gasteiger partial charge is 0.494 e. The van der Waals surface area contributed by atoms with Crippen molar-refractivity contribution >= 4 is 17.3 Å². The van der Waals surface area contributed by atoms with Crippen molar-refractivity contribution in [1.82, 2.24) is 9.55 Å². The number of nitrogens with one attached hydrogen (secondary N) is 2. The van der Waals surface area contributed by atoms with E-state index < -0.39 is 17.2 Å². The van der Waals surface area contributed by atoms with Crippen molar-refractivity contribution < 1.29 is 9.53 Å². The van der Waals surface area contributed by atoms with Crippen LogP contribution in [0.3, 0.4) is 0 Å². The van der Waals surface area contributed by atoms with E-state index in [-0.39, 0.29) is 5.78 Å². The SMILES string of the molecule is CCOc1ccc([C@H]2C3=C(Nc4c2c(=O)[nH]c(=O)n4C)c2ccccc2C3=O)cc1. The smallest absolute Gasteiger partial charge is 0.329 e. The summed E-state index contributed by atoms with van der Waals surface area (Å²) in [5, 5.41) is 3.20. The van der Waals surface area contributed by atoms with Gasteiger partial charge < -0.3 is 10.1 Å². The molecule has 2 aliphatic rings. The number of benzene rings is 2. The molecule has 0 spiro atoms. The highest BCUT2D eigenvalue weighted by molar-refractivity contribution is 6.23. The lowest BCUT2D eigenvalue weighted by atomic mass is 9.81. The van der Waals surface area contributed by atoms with E-state index in [1.54, 1.807) is 13.1 Å². The molecule has 1 aliphatic heterocycles. The first-order chi connectivity index (χ1) is 14.5. The zero-order valence-corrected chi connectivity index (χ0v) is 16.5. The second kappa shape index (κ2) is 6.59. The molecule has 1 aliphatic carbocycles. The zero-order chi connectivity index (χ0) is 21.0. The summed E-state index contributed by atoms with van der Waals surface area (Å²) in [5.41, 5.74) is 2.61. The third kappa shape index (κ3) is 2.48.